The van der Waals surface area contributed by atoms with Crippen molar-refractivity contribution in [2.75, 3.05) is 6.44 Å². The van der Waals surface area contributed by atoms with Crippen molar-refractivity contribution in [1.29, 1.82) is 0 Å². The molecule has 10 nitrogen and oxygen atoms in total. The maximum Gasteiger partial charge on any atom is 0.472 e. The molecule has 0 aliphatic rings. The zero-order valence-electron chi connectivity index (χ0n) is 17.7. The molecule has 3 atom stereocenters. The zero-order valence-corrected chi connectivity index (χ0v) is 18.6. The quantitative estimate of drug-likeness (QED) is 0.169. The predicted octanol–water partition coefficient (Wildman–Crippen LogP) is -0.989. The SMILES string of the molecule is CC(C)[C@H](NC(=O)S)C(=O)N[C@@H](Cc1ccccc1)C(=O)N[C@@H](C)C(=O)NCB(O)O. The molecule has 4 amide bonds. The highest BCUT2D eigenvalue weighted by Crippen LogP contribution is 2.07. The summed E-state index contributed by atoms with van der Waals surface area (Å²) in [5.74, 6) is -2.04. The molecule has 0 aliphatic carbocycles. The molecule has 0 fully saturated rings. The Hall–Kier alpha value is -2.57. The van der Waals surface area contributed by atoms with Gasteiger partial charge in [-0.1, -0.05) is 56.8 Å². The van der Waals surface area contributed by atoms with Crippen LogP contribution in [0.5, 0.6) is 0 Å². The summed E-state index contributed by atoms with van der Waals surface area (Å²) in [4.78, 5) is 48.9. The smallest absolute Gasteiger partial charge is 0.426 e. The van der Waals surface area contributed by atoms with E-state index in [-0.39, 0.29) is 18.8 Å². The molecule has 170 valence electrons. The number of nitrogens with one attached hydrogen (secondary N) is 4. The molecular weight excluding hydrogens is 423 g/mol. The van der Waals surface area contributed by atoms with Crippen LogP contribution in [0.1, 0.15) is 26.3 Å². The Morgan fingerprint density at radius 1 is 0.935 bits per heavy atom. The number of hydrogen-bond donors (Lipinski definition) is 7. The van der Waals surface area contributed by atoms with Gasteiger partial charge in [-0.05, 0) is 18.4 Å². The van der Waals surface area contributed by atoms with E-state index in [2.05, 4.69) is 33.9 Å². The zero-order chi connectivity index (χ0) is 23.6. The molecule has 12 heteroatoms. The Morgan fingerprint density at radius 3 is 2.06 bits per heavy atom. The van der Waals surface area contributed by atoms with Gasteiger partial charge in [-0.2, -0.15) is 0 Å². The number of thiol groups is 1. The normalized spacial score (nSPS) is 13.5. The molecule has 0 bridgehead atoms. The molecule has 1 aromatic carbocycles. The van der Waals surface area contributed by atoms with E-state index in [0.717, 1.165) is 5.56 Å². The van der Waals surface area contributed by atoms with Crippen LogP contribution in [0.25, 0.3) is 0 Å². The summed E-state index contributed by atoms with van der Waals surface area (Å²) in [7, 11) is -1.72. The van der Waals surface area contributed by atoms with Gasteiger partial charge in [0.15, 0.2) is 0 Å². The lowest BCUT2D eigenvalue weighted by atomic mass is 9.92. The highest BCUT2D eigenvalue weighted by atomic mass is 32.1. The Bertz CT molecular complexity index is 765. The van der Waals surface area contributed by atoms with E-state index in [1.54, 1.807) is 38.1 Å². The lowest BCUT2D eigenvalue weighted by Crippen LogP contribution is -2.57. The topological polar surface area (TPSA) is 157 Å². The largest absolute Gasteiger partial charge is 0.472 e. The third-order valence-electron chi connectivity index (χ3n) is 4.35. The van der Waals surface area contributed by atoms with Crippen LogP contribution in [0.4, 0.5) is 4.79 Å². The summed E-state index contributed by atoms with van der Waals surface area (Å²) in [5, 5.41) is 26.9. The van der Waals surface area contributed by atoms with Crippen LogP contribution in [0.3, 0.4) is 0 Å². The molecule has 1 rings (SSSR count). The first-order chi connectivity index (χ1) is 14.5. The molecule has 0 saturated heterocycles. The number of hydrogen-bond acceptors (Lipinski definition) is 6. The van der Waals surface area contributed by atoms with E-state index in [1.165, 1.54) is 6.92 Å². The lowest BCUT2D eigenvalue weighted by Gasteiger charge is -2.25. The van der Waals surface area contributed by atoms with Gasteiger partial charge in [-0.25, -0.2) is 0 Å². The molecule has 6 N–H and O–H groups in total. The van der Waals surface area contributed by atoms with Crippen LogP contribution in [-0.2, 0) is 20.8 Å². The molecule has 0 aliphatic heterocycles. The maximum atomic E-state index is 12.8. The Balaban J connectivity index is 2.94. The first-order valence-electron chi connectivity index (χ1n) is 9.79. The summed E-state index contributed by atoms with van der Waals surface area (Å²) in [5.41, 5.74) is 0.780. The fourth-order valence-electron chi connectivity index (χ4n) is 2.71. The second kappa shape index (κ2) is 13.0. The summed E-state index contributed by atoms with van der Waals surface area (Å²) < 4.78 is 0. The van der Waals surface area contributed by atoms with Crippen molar-refractivity contribution >= 4 is 42.7 Å². The van der Waals surface area contributed by atoms with Crippen LogP contribution in [0.2, 0.25) is 0 Å². The second-order valence-electron chi connectivity index (χ2n) is 7.38. The minimum absolute atomic E-state index is 0.155. The molecule has 0 unspecified atom stereocenters. The molecule has 1 aromatic rings. The van der Waals surface area contributed by atoms with Gasteiger partial charge in [0, 0.05) is 6.42 Å². The molecular formula is C19H29BN4O6S. The Morgan fingerprint density at radius 2 is 1.55 bits per heavy atom. The van der Waals surface area contributed by atoms with Crippen molar-refractivity contribution in [3.05, 3.63) is 35.9 Å². The Kier molecular flexibility index (Phi) is 11.1. The van der Waals surface area contributed by atoms with Crippen LogP contribution in [0, 0.1) is 5.92 Å². The average Bonchev–Trinajstić information content (AvgIpc) is 2.69. The van der Waals surface area contributed by atoms with Crippen molar-refractivity contribution in [2.24, 2.45) is 5.92 Å². The average molecular weight is 452 g/mol. The first kappa shape index (κ1) is 26.5. The van der Waals surface area contributed by atoms with Gasteiger partial charge in [0.25, 0.3) is 5.24 Å². The molecule has 0 heterocycles. The van der Waals surface area contributed by atoms with Crippen LogP contribution >= 0.6 is 12.6 Å². The molecule has 0 radical (unpaired) electrons. The van der Waals surface area contributed by atoms with Crippen LogP contribution < -0.4 is 21.3 Å². The van der Waals surface area contributed by atoms with Gasteiger partial charge in [0.2, 0.25) is 17.7 Å². The van der Waals surface area contributed by atoms with Gasteiger partial charge >= 0.3 is 7.12 Å². The highest BCUT2D eigenvalue weighted by molar-refractivity contribution is 7.96. The van der Waals surface area contributed by atoms with E-state index in [1.807, 2.05) is 6.07 Å². The number of carbonyl (C=O) groups is 4. The molecule has 0 spiro atoms. The van der Waals surface area contributed by atoms with Crippen LogP contribution in [0.15, 0.2) is 30.3 Å². The minimum Gasteiger partial charge on any atom is -0.426 e. The van der Waals surface area contributed by atoms with Gasteiger partial charge in [-0.15, -0.1) is 0 Å². The minimum atomic E-state index is -1.72. The van der Waals surface area contributed by atoms with Crippen molar-refractivity contribution in [3.63, 3.8) is 0 Å². The first-order valence-corrected chi connectivity index (χ1v) is 10.2. The van der Waals surface area contributed by atoms with Gasteiger partial charge in [-0.3, -0.25) is 19.2 Å². The standard InChI is InChI=1S/C19H29BN4O6S/c1-11(2)15(24-19(28)31)18(27)23-14(9-13-7-5-4-6-8-13)17(26)22-12(3)16(25)21-10-20(29)30/h4-8,11-12,14-15,29-30H,9-10H2,1-3H3,(H,21,25)(H,22,26)(H,23,27)(H2,24,28,31)/t12-,14-,15-/m0/s1. The van der Waals surface area contributed by atoms with Gasteiger partial charge in [0.05, 0.1) is 6.44 Å². The van der Waals surface area contributed by atoms with E-state index >= 15 is 0 Å². The highest BCUT2D eigenvalue weighted by Gasteiger charge is 2.30. The lowest BCUT2D eigenvalue weighted by molar-refractivity contribution is -0.132. The molecule has 31 heavy (non-hydrogen) atoms. The number of benzene rings is 1. The van der Waals surface area contributed by atoms with E-state index in [9.17, 15) is 19.2 Å². The van der Waals surface area contributed by atoms with Gasteiger partial charge in [0.1, 0.15) is 18.1 Å². The molecule has 0 saturated carbocycles. The van der Waals surface area contributed by atoms with Crippen molar-refractivity contribution in [3.8, 4) is 0 Å². The van der Waals surface area contributed by atoms with Crippen LogP contribution in [-0.4, -0.2) is 64.7 Å². The number of amides is 4. The predicted molar refractivity (Wildman–Crippen MR) is 119 cm³/mol. The third kappa shape index (κ3) is 9.86. The van der Waals surface area contributed by atoms with E-state index < -0.39 is 48.2 Å². The third-order valence-corrected chi connectivity index (χ3v) is 4.48. The van der Waals surface area contributed by atoms with Crippen molar-refractivity contribution < 1.29 is 29.2 Å². The summed E-state index contributed by atoms with van der Waals surface area (Å²) in [6, 6.07) is 6.08. The number of rotatable bonds is 11. The van der Waals surface area contributed by atoms with E-state index in [0.29, 0.717) is 0 Å². The fraction of sp³-hybridized carbons (Fsp3) is 0.474. The van der Waals surface area contributed by atoms with Crippen molar-refractivity contribution in [2.45, 2.75) is 45.3 Å². The molecule has 0 aromatic heterocycles. The second-order valence-corrected chi connectivity index (χ2v) is 7.78. The van der Waals surface area contributed by atoms with Gasteiger partial charge < -0.3 is 31.3 Å². The summed E-state index contributed by atoms with van der Waals surface area (Å²) in [6.07, 6.45) is -0.232. The van der Waals surface area contributed by atoms with E-state index in [4.69, 9.17) is 10.0 Å². The Labute approximate surface area is 187 Å². The fourth-order valence-corrected chi connectivity index (χ4v) is 2.85. The maximum absolute atomic E-state index is 12.8. The van der Waals surface area contributed by atoms with Crippen molar-refractivity contribution in [1.82, 2.24) is 21.3 Å². The number of carbonyl (C=O) groups excluding carboxylic acids is 4. The summed E-state index contributed by atoms with van der Waals surface area (Å²) in [6.45, 7) is 4.90. The summed E-state index contributed by atoms with van der Waals surface area (Å²) >= 11 is 3.65. The monoisotopic (exact) mass is 452 g/mol.